The first-order valence-corrected chi connectivity index (χ1v) is 7.32. The van der Waals surface area contributed by atoms with E-state index in [1.54, 1.807) is 38.4 Å². The lowest BCUT2D eigenvalue weighted by molar-refractivity contribution is 0.0780. The van der Waals surface area contributed by atoms with Gasteiger partial charge in [0.2, 0.25) is 0 Å². The summed E-state index contributed by atoms with van der Waals surface area (Å²) in [5.74, 6) is -1.33. The molecule has 0 heterocycles. The fourth-order valence-electron chi connectivity index (χ4n) is 2.14. The lowest BCUT2D eigenvalue weighted by atomic mass is 10.1. The molecule has 0 aliphatic carbocycles. The third-order valence-electron chi connectivity index (χ3n) is 3.39. The van der Waals surface area contributed by atoms with Gasteiger partial charge in [-0.05, 0) is 29.8 Å². The van der Waals surface area contributed by atoms with E-state index in [9.17, 15) is 14.0 Å². The Bertz CT molecular complexity index is 712. The maximum absolute atomic E-state index is 13.8. The van der Waals surface area contributed by atoms with Crippen LogP contribution in [0.15, 0.2) is 42.5 Å². The van der Waals surface area contributed by atoms with E-state index < -0.39 is 11.7 Å². The van der Waals surface area contributed by atoms with Crippen molar-refractivity contribution in [3.8, 4) is 0 Å². The zero-order valence-corrected chi connectivity index (χ0v) is 13.5. The first-order chi connectivity index (χ1) is 10.9. The van der Waals surface area contributed by atoms with Crippen LogP contribution in [0.25, 0.3) is 0 Å². The number of carbonyl (C=O) groups excluding carboxylic acids is 2. The summed E-state index contributed by atoms with van der Waals surface area (Å²) in [7, 11) is 3.12. The molecule has 0 bridgehead atoms. The molecule has 0 radical (unpaired) electrons. The Morgan fingerprint density at radius 1 is 1.17 bits per heavy atom. The molecule has 2 amide bonds. The van der Waals surface area contributed by atoms with E-state index in [4.69, 9.17) is 11.6 Å². The second kappa shape index (κ2) is 7.24. The summed E-state index contributed by atoms with van der Waals surface area (Å²) < 4.78 is 13.8. The predicted molar refractivity (Wildman–Crippen MR) is 87.0 cm³/mol. The van der Waals surface area contributed by atoms with E-state index in [2.05, 4.69) is 5.32 Å². The van der Waals surface area contributed by atoms with Gasteiger partial charge >= 0.3 is 0 Å². The second-order valence-electron chi connectivity index (χ2n) is 5.03. The summed E-state index contributed by atoms with van der Waals surface area (Å²) in [4.78, 5) is 25.2. The van der Waals surface area contributed by atoms with Gasteiger partial charge in [0, 0.05) is 26.2 Å². The maximum Gasteiger partial charge on any atom is 0.258 e. The highest BCUT2D eigenvalue weighted by Crippen LogP contribution is 2.21. The molecule has 120 valence electrons. The summed E-state index contributed by atoms with van der Waals surface area (Å²) in [5.41, 5.74) is 1.21. The molecule has 0 saturated carbocycles. The Balaban J connectivity index is 2.14. The third-order valence-corrected chi connectivity index (χ3v) is 3.70. The minimum Gasteiger partial charge on any atom is -0.355 e. The first kappa shape index (κ1) is 17.0. The normalized spacial score (nSPS) is 10.3. The summed E-state index contributed by atoms with van der Waals surface area (Å²) in [6, 6.07) is 11.0. The Morgan fingerprint density at radius 3 is 2.39 bits per heavy atom. The molecule has 2 aromatic rings. The molecule has 0 atom stereocenters. The van der Waals surface area contributed by atoms with E-state index in [0.29, 0.717) is 5.56 Å². The van der Waals surface area contributed by atoms with Crippen LogP contribution in [0.3, 0.4) is 0 Å². The minimum absolute atomic E-state index is 0.0804. The van der Waals surface area contributed by atoms with Crippen LogP contribution in [0.2, 0.25) is 5.02 Å². The highest BCUT2D eigenvalue weighted by atomic mass is 35.5. The SMILES string of the molecule is CNC(=O)c1ccc(CN(C)C(=O)c2c(F)cccc2Cl)cc1. The van der Waals surface area contributed by atoms with Gasteiger partial charge in [-0.15, -0.1) is 0 Å². The molecule has 2 aromatic carbocycles. The predicted octanol–water partition coefficient (Wildman–Crippen LogP) is 3.11. The zero-order valence-electron chi connectivity index (χ0n) is 12.8. The maximum atomic E-state index is 13.8. The number of hydrogen-bond donors (Lipinski definition) is 1. The number of benzene rings is 2. The van der Waals surface area contributed by atoms with Crippen LogP contribution in [0.4, 0.5) is 4.39 Å². The molecule has 0 aromatic heterocycles. The van der Waals surface area contributed by atoms with Crippen molar-refractivity contribution >= 4 is 23.4 Å². The van der Waals surface area contributed by atoms with Gasteiger partial charge in [0.15, 0.2) is 0 Å². The average Bonchev–Trinajstić information content (AvgIpc) is 2.54. The number of rotatable bonds is 4. The molecule has 23 heavy (non-hydrogen) atoms. The van der Waals surface area contributed by atoms with Crippen LogP contribution in [-0.4, -0.2) is 30.8 Å². The summed E-state index contributed by atoms with van der Waals surface area (Å²) in [6.07, 6.45) is 0. The molecule has 0 spiro atoms. The molecular weight excluding hydrogens is 319 g/mol. The fourth-order valence-corrected chi connectivity index (χ4v) is 2.39. The van der Waals surface area contributed by atoms with E-state index in [1.165, 1.54) is 23.1 Å². The highest BCUT2D eigenvalue weighted by Gasteiger charge is 2.19. The molecule has 0 aliphatic rings. The smallest absolute Gasteiger partial charge is 0.258 e. The van der Waals surface area contributed by atoms with Crippen molar-refractivity contribution in [3.05, 3.63) is 70.0 Å². The second-order valence-corrected chi connectivity index (χ2v) is 5.44. The monoisotopic (exact) mass is 334 g/mol. The largest absolute Gasteiger partial charge is 0.355 e. The number of carbonyl (C=O) groups is 2. The standard InChI is InChI=1S/C17H16ClFN2O2/c1-20-16(22)12-8-6-11(7-9-12)10-21(2)17(23)15-13(18)4-3-5-14(15)19/h3-9H,10H2,1-2H3,(H,20,22). The van der Waals surface area contributed by atoms with Gasteiger partial charge in [-0.1, -0.05) is 29.8 Å². The molecule has 0 aliphatic heterocycles. The number of amides is 2. The number of hydrogen-bond acceptors (Lipinski definition) is 2. The van der Waals surface area contributed by atoms with Crippen LogP contribution in [0, 0.1) is 5.82 Å². The van der Waals surface area contributed by atoms with Gasteiger partial charge in [-0.2, -0.15) is 0 Å². The Labute approximate surface area is 138 Å². The third kappa shape index (κ3) is 3.87. The molecule has 0 unspecified atom stereocenters. The Kier molecular flexibility index (Phi) is 5.34. The highest BCUT2D eigenvalue weighted by molar-refractivity contribution is 6.33. The van der Waals surface area contributed by atoms with Crippen molar-refractivity contribution in [1.29, 1.82) is 0 Å². The molecule has 2 rings (SSSR count). The van der Waals surface area contributed by atoms with Crippen LogP contribution in [0.1, 0.15) is 26.3 Å². The molecule has 0 saturated heterocycles. The molecule has 1 N–H and O–H groups in total. The fraction of sp³-hybridized carbons (Fsp3) is 0.176. The van der Waals surface area contributed by atoms with E-state index in [1.807, 2.05) is 0 Å². The summed E-state index contributed by atoms with van der Waals surface area (Å²) in [6.45, 7) is 0.275. The van der Waals surface area contributed by atoms with Gasteiger partial charge in [-0.25, -0.2) is 4.39 Å². The summed E-state index contributed by atoms with van der Waals surface area (Å²) in [5, 5.41) is 2.61. The number of nitrogens with zero attached hydrogens (tertiary/aromatic N) is 1. The van der Waals surface area contributed by atoms with Crippen LogP contribution in [0.5, 0.6) is 0 Å². The van der Waals surface area contributed by atoms with Crippen molar-refractivity contribution in [1.82, 2.24) is 10.2 Å². The molecule has 4 nitrogen and oxygen atoms in total. The lowest BCUT2D eigenvalue weighted by Crippen LogP contribution is -2.27. The van der Waals surface area contributed by atoms with Crippen LogP contribution in [-0.2, 0) is 6.54 Å². The van der Waals surface area contributed by atoms with Crippen molar-refractivity contribution in [2.24, 2.45) is 0 Å². The van der Waals surface area contributed by atoms with Crippen molar-refractivity contribution in [2.45, 2.75) is 6.54 Å². The first-order valence-electron chi connectivity index (χ1n) is 6.94. The zero-order chi connectivity index (χ0) is 17.0. The Hall–Kier alpha value is -2.40. The molecular formula is C17H16ClFN2O2. The molecule has 6 heteroatoms. The topological polar surface area (TPSA) is 49.4 Å². The number of nitrogens with one attached hydrogen (secondary N) is 1. The van der Waals surface area contributed by atoms with Gasteiger partial charge < -0.3 is 10.2 Å². The minimum atomic E-state index is -0.649. The van der Waals surface area contributed by atoms with Crippen molar-refractivity contribution in [2.75, 3.05) is 14.1 Å². The van der Waals surface area contributed by atoms with Gasteiger partial charge in [0.05, 0.1) is 10.6 Å². The summed E-state index contributed by atoms with van der Waals surface area (Å²) >= 11 is 5.91. The quantitative estimate of drug-likeness (QED) is 0.934. The van der Waals surface area contributed by atoms with E-state index in [-0.39, 0.29) is 23.0 Å². The van der Waals surface area contributed by atoms with Crippen molar-refractivity contribution < 1.29 is 14.0 Å². The van der Waals surface area contributed by atoms with E-state index >= 15 is 0 Å². The van der Waals surface area contributed by atoms with Crippen LogP contribution >= 0.6 is 11.6 Å². The lowest BCUT2D eigenvalue weighted by Gasteiger charge is -2.18. The molecule has 0 fully saturated rings. The number of halogens is 2. The Morgan fingerprint density at radius 2 is 1.83 bits per heavy atom. The average molecular weight is 335 g/mol. The van der Waals surface area contributed by atoms with Gasteiger partial charge in [-0.3, -0.25) is 9.59 Å². The van der Waals surface area contributed by atoms with Gasteiger partial charge in [0.25, 0.3) is 11.8 Å². The van der Waals surface area contributed by atoms with Gasteiger partial charge in [0.1, 0.15) is 5.82 Å². The van der Waals surface area contributed by atoms with E-state index in [0.717, 1.165) is 5.56 Å². The van der Waals surface area contributed by atoms with Crippen LogP contribution < -0.4 is 5.32 Å². The van der Waals surface area contributed by atoms with Crippen molar-refractivity contribution in [3.63, 3.8) is 0 Å².